The predicted molar refractivity (Wildman–Crippen MR) is 96.0 cm³/mol. The summed E-state index contributed by atoms with van der Waals surface area (Å²) in [5.74, 6) is -0.712. The van der Waals surface area contributed by atoms with E-state index in [0.29, 0.717) is 0 Å². The number of allylic oxidation sites excluding steroid dienone is 8. The SMILES string of the molecule is CCCCCC=CCC=CCC=CCC=CCCCC(=O)O.[Ag]. The summed E-state index contributed by atoms with van der Waals surface area (Å²) in [6.45, 7) is 2.23. The van der Waals surface area contributed by atoms with Crippen molar-refractivity contribution in [2.45, 2.75) is 71.1 Å². The van der Waals surface area contributed by atoms with Crippen molar-refractivity contribution in [3.63, 3.8) is 0 Å². The van der Waals surface area contributed by atoms with Crippen LogP contribution in [0.15, 0.2) is 48.6 Å². The largest absolute Gasteiger partial charge is 0.481 e. The second-order valence-electron chi connectivity index (χ2n) is 5.37. The van der Waals surface area contributed by atoms with Crippen molar-refractivity contribution in [2.75, 3.05) is 0 Å². The van der Waals surface area contributed by atoms with Gasteiger partial charge in [0.25, 0.3) is 0 Å². The van der Waals surface area contributed by atoms with Crippen molar-refractivity contribution in [3.05, 3.63) is 48.6 Å². The molecule has 3 heteroatoms. The number of carboxylic acid groups (broad SMARTS) is 1. The van der Waals surface area contributed by atoms with Crippen molar-refractivity contribution in [1.29, 1.82) is 0 Å². The van der Waals surface area contributed by atoms with Crippen LogP contribution in [0.2, 0.25) is 0 Å². The number of carboxylic acids is 1. The van der Waals surface area contributed by atoms with Gasteiger partial charge in [0, 0.05) is 28.8 Å². The molecule has 0 aliphatic heterocycles. The zero-order valence-electron chi connectivity index (χ0n) is 14.3. The first kappa shape index (κ1) is 24.4. The van der Waals surface area contributed by atoms with Crippen LogP contribution in [0.4, 0.5) is 0 Å². The van der Waals surface area contributed by atoms with Gasteiger partial charge in [-0.3, -0.25) is 4.79 Å². The summed E-state index contributed by atoms with van der Waals surface area (Å²) in [5, 5.41) is 8.49. The van der Waals surface area contributed by atoms with Crippen molar-refractivity contribution in [2.24, 2.45) is 0 Å². The molecule has 1 N–H and O–H groups in total. The minimum Gasteiger partial charge on any atom is -0.481 e. The van der Waals surface area contributed by atoms with E-state index < -0.39 is 5.97 Å². The molecule has 0 aromatic carbocycles. The molecule has 23 heavy (non-hydrogen) atoms. The van der Waals surface area contributed by atoms with Crippen molar-refractivity contribution in [3.8, 4) is 0 Å². The molecule has 0 saturated heterocycles. The fourth-order valence-corrected chi connectivity index (χ4v) is 1.93. The van der Waals surface area contributed by atoms with Gasteiger partial charge in [0.2, 0.25) is 0 Å². The quantitative estimate of drug-likeness (QED) is 0.209. The average Bonchev–Trinajstić information content (AvgIpc) is 2.50. The Kier molecular flexibility index (Phi) is 22.5. The smallest absolute Gasteiger partial charge is 0.303 e. The minimum absolute atomic E-state index is 0. The molecular formula is C20H32AgO2. The molecule has 135 valence electrons. The molecule has 0 rings (SSSR count). The second-order valence-corrected chi connectivity index (χ2v) is 5.37. The Bertz CT molecular complexity index is 368. The molecule has 0 atom stereocenters. The van der Waals surface area contributed by atoms with Crippen LogP contribution < -0.4 is 0 Å². The molecule has 0 amide bonds. The summed E-state index contributed by atoms with van der Waals surface area (Å²) in [5.41, 5.74) is 0. The first-order chi connectivity index (χ1) is 10.8. The molecule has 0 spiro atoms. The molecule has 0 fully saturated rings. The average molecular weight is 412 g/mol. The van der Waals surface area contributed by atoms with E-state index in [-0.39, 0.29) is 28.8 Å². The topological polar surface area (TPSA) is 37.3 Å². The molecule has 1 radical (unpaired) electrons. The summed E-state index contributed by atoms with van der Waals surface area (Å²) in [4.78, 5) is 10.3. The van der Waals surface area contributed by atoms with E-state index in [1.54, 1.807) is 0 Å². The van der Waals surface area contributed by atoms with Crippen molar-refractivity contribution >= 4 is 5.97 Å². The van der Waals surface area contributed by atoms with Crippen LogP contribution >= 0.6 is 0 Å². The Balaban J connectivity index is 0. The van der Waals surface area contributed by atoms with E-state index in [1.807, 2.05) is 0 Å². The molecule has 0 aliphatic rings. The van der Waals surface area contributed by atoms with Crippen LogP contribution in [-0.2, 0) is 27.2 Å². The molecular weight excluding hydrogens is 380 g/mol. The van der Waals surface area contributed by atoms with Crippen molar-refractivity contribution in [1.82, 2.24) is 0 Å². The van der Waals surface area contributed by atoms with Crippen LogP contribution in [0.3, 0.4) is 0 Å². The summed E-state index contributed by atoms with van der Waals surface area (Å²) < 4.78 is 0. The van der Waals surface area contributed by atoms with Crippen LogP contribution in [0, 0.1) is 0 Å². The fourth-order valence-electron chi connectivity index (χ4n) is 1.93. The number of hydrogen-bond donors (Lipinski definition) is 1. The first-order valence-corrected chi connectivity index (χ1v) is 8.59. The van der Waals surface area contributed by atoms with E-state index in [1.165, 1.54) is 25.7 Å². The maximum absolute atomic E-state index is 10.3. The van der Waals surface area contributed by atoms with Gasteiger partial charge in [-0.1, -0.05) is 68.4 Å². The standard InChI is InChI=1S/C20H32O2.Ag/c1-2-3-4-5-6-7-8-9-10-11-12-13-14-15-16-17-18-19-20(21)22;/h6-7,9-10,12-13,15-16H,2-5,8,11,14,17-19H2,1H3,(H,21,22);. The summed E-state index contributed by atoms with van der Waals surface area (Å²) in [7, 11) is 0. The minimum atomic E-state index is -0.712. The van der Waals surface area contributed by atoms with Gasteiger partial charge in [-0.25, -0.2) is 0 Å². The maximum Gasteiger partial charge on any atom is 0.303 e. The Hall–Kier alpha value is -0.830. The van der Waals surface area contributed by atoms with Crippen LogP contribution in [0.1, 0.15) is 71.1 Å². The number of aliphatic carboxylic acids is 1. The third-order valence-corrected chi connectivity index (χ3v) is 3.22. The zero-order valence-corrected chi connectivity index (χ0v) is 15.8. The molecule has 0 aromatic heterocycles. The van der Waals surface area contributed by atoms with Gasteiger partial charge in [-0.05, 0) is 44.9 Å². The van der Waals surface area contributed by atoms with E-state index >= 15 is 0 Å². The monoisotopic (exact) mass is 411 g/mol. The molecule has 0 aliphatic carbocycles. The summed E-state index contributed by atoms with van der Waals surface area (Å²) in [6, 6.07) is 0. The van der Waals surface area contributed by atoms with Crippen LogP contribution in [-0.4, -0.2) is 11.1 Å². The first-order valence-electron chi connectivity index (χ1n) is 8.59. The van der Waals surface area contributed by atoms with Crippen LogP contribution in [0.5, 0.6) is 0 Å². The van der Waals surface area contributed by atoms with E-state index in [2.05, 4.69) is 55.5 Å². The van der Waals surface area contributed by atoms with Crippen LogP contribution in [0.25, 0.3) is 0 Å². The van der Waals surface area contributed by atoms with Gasteiger partial charge in [-0.2, -0.15) is 0 Å². The molecule has 0 saturated carbocycles. The summed E-state index contributed by atoms with van der Waals surface area (Å²) in [6.07, 6.45) is 27.3. The second kappa shape index (κ2) is 21.2. The number of unbranched alkanes of at least 4 members (excludes halogenated alkanes) is 4. The number of hydrogen-bond acceptors (Lipinski definition) is 1. The molecule has 0 bridgehead atoms. The Labute approximate surface area is 158 Å². The summed E-state index contributed by atoms with van der Waals surface area (Å²) >= 11 is 0. The Morgan fingerprint density at radius 1 is 0.739 bits per heavy atom. The third-order valence-electron chi connectivity index (χ3n) is 3.22. The zero-order chi connectivity index (χ0) is 16.3. The molecule has 2 nitrogen and oxygen atoms in total. The van der Waals surface area contributed by atoms with E-state index in [0.717, 1.165) is 32.1 Å². The molecule has 0 unspecified atom stereocenters. The molecule has 0 aromatic rings. The van der Waals surface area contributed by atoms with Gasteiger partial charge in [0.05, 0.1) is 0 Å². The van der Waals surface area contributed by atoms with Gasteiger partial charge in [0.1, 0.15) is 0 Å². The van der Waals surface area contributed by atoms with Gasteiger partial charge >= 0.3 is 5.97 Å². The van der Waals surface area contributed by atoms with Crippen molar-refractivity contribution < 1.29 is 32.3 Å². The Morgan fingerprint density at radius 3 is 1.61 bits per heavy atom. The number of rotatable bonds is 14. The normalized spacial score (nSPS) is 11.9. The van der Waals surface area contributed by atoms with Gasteiger partial charge in [0.15, 0.2) is 0 Å². The predicted octanol–water partition coefficient (Wildman–Crippen LogP) is 6.21. The maximum atomic E-state index is 10.3. The third kappa shape index (κ3) is 23.6. The van der Waals surface area contributed by atoms with Gasteiger partial charge in [-0.15, -0.1) is 0 Å². The fraction of sp³-hybridized carbons (Fsp3) is 0.550. The van der Waals surface area contributed by atoms with E-state index in [9.17, 15) is 4.79 Å². The Morgan fingerprint density at radius 2 is 1.17 bits per heavy atom. The van der Waals surface area contributed by atoms with E-state index in [4.69, 9.17) is 5.11 Å². The molecule has 0 heterocycles. The number of carbonyl (C=O) groups is 1. The van der Waals surface area contributed by atoms with Gasteiger partial charge < -0.3 is 5.11 Å².